The summed E-state index contributed by atoms with van der Waals surface area (Å²) < 4.78 is 5.60. The number of aryl methyl sites for hydroxylation is 2. The molecule has 1 aliphatic heterocycles. The van der Waals surface area contributed by atoms with Gasteiger partial charge in [0.15, 0.2) is 0 Å². The third-order valence-electron chi connectivity index (χ3n) is 3.62. The first-order valence-corrected chi connectivity index (χ1v) is 7.24. The number of amides is 2. The Hall–Kier alpha value is -1.82. The molecule has 2 atom stereocenters. The van der Waals surface area contributed by atoms with Crippen LogP contribution in [-0.2, 0) is 11.3 Å². The van der Waals surface area contributed by atoms with Crippen LogP contribution in [0.3, 0.4) is 0 Å². The monoisotopic (exact) mass is 293 g/mol. The van der Waals surface area contributed by atoms with Gasteiger partial charge in [-0.3, -0.25) is 4.79 Å². The number of hydrogen-bond acceptors (Lipinski definition) is 3. The number of ether oxygens (including phenoxy) is 1. The van der Waals surface area contributed by atoms with Crippen LogP contribution in [-0.4, -0.2) is 41.2 Å². The molecular weight excluding hydrogens is 270 g/mol. The Balaban J connectivity index is 2.00. The van der Waals surface area contributed by atoms with Crippen LogP contribution in [0, 0.1) is 13.8 Å². The highest BCUT2D eigenvalue weighted by Crippen LogP contribution is 2.11. The van der Waals surface area contributed by atoms with Crippen LogP contribution in [0.2, 0.25) is 0 Å². The molecule has 2 rings (SSSR count). The number of aromatic amines is 1. The van der Waals surface area contributed by atoms with E-state index < -0.39 is 0 Å². The number of carbonyl (C=O) groups is 1. The first-order valence-electron chi connectivity index (χ1n) is 7.24. The van der Waals surface area contributed by atoms with Crippen molar-refractivity contribution >= 4 is 6.03 Å². The highest BCUT2D eigenvalue weighted by atomic mass is 16.5. The highest BCUT2D eigenvalue weighted by molar-refractivity contribution is 5.74. The maximum atomic E-state index is 12.2. The van der Waals surface area contributed by atoms with Crippen LogP contribution in [0.1, 0.15) is 30.7 Å². The second kappa shape index (κ2) is 6.30. The lowest BCUT2D eigenvalue weighted by molar-refractivity contribution is -0.0545. The van der Waals surface area contributed by atoms with Gasteiger partial charge in [0.25, 0.3) is 5.56 Å². The van der Waals surface area contributed by atoms with Crippen molar-refractivity contribution in [3.63, 3.8) is 0 Å². The van der Waals surface area contributed by atoms with Gasteiger partial charge in [0.2, 0.25) is 0 Å². The van der Waals surface area contributed by atoms with Crippen molar-refractivity contribution in [3.05, 3.63) is 33.2 Å². The number of nitrogens with zero attached hydrogens (tertiary/aromatic N) is 1. The van der Waals surface area contributed by atoms with Crippen LogP contribution >= 0.6 is 0 Å². The van der Waals surface area contributed by atoms with Gasteiger partial charge in [-0.25, -0.2) is 4.79 Å². The van der Waals surface area contributed by atoms with Crippen molar-refractivity contribution < 1.29 is 9.53 Å². The van der Waals surface area contributed by atoms with Gasteiger partial charge in [-0.2, -0.15) is 0 Å². The number of morpholine rings is 1. The molecule has 1 aromatic heterocycles. The summed E-state index contributed by atoms with van der Waals surface area (Å²) in [4.78, 5) is 28.6. The van der Waals surface area contributed by atoms with Crippen molar-refractivity contribution in [3.8, 4) is 0 Å². The lowest BCUT2D eigenvalue weighted by Gasteiger charge is -2.35. The molecule has 21 heavy (non-hydrogen) atoms. The van der Waals surface area contributed by atoms with Gasteiger partial charge in [-0.05, 0) is 39.3 Å². The molecule has 6 nitrogen and oxygen atoms in total. The van der Waals surface area contributed by atoms with Crippen molar-refractivity contribution in [1.82, 2.24) is 15.2 Å². The average molecular weight is 293 g/mol. The summed E-state index contributed by atoms with van der Waals surface area (Å²) in [5, 5.41) is 2.82. The van der Waals surface area contributed by atoms with E-state index >= 15 is 0 Å². The SMILES string of the molecule is Cc1cc(C)c(CNC(=O)N2C[C@H](C)O[C@@H](C)C2)c(=O)[nH]1. The zero-order chi connectivity index (χ0) is 15.6. The Kier molecular flexibility index (Phi) is 4.67. The molecule has 1 aliphatic rings. The van der Waals surface area contributed by atoms with Gasteiger partial charge in [0, 0.05) is 24.3 Å². The lowest BCUT2D eigenvalue weighted by atomic mass is 10.1. The molecule has 1 saturated heterocycles. The van der Waals surface area contributed by atoms with Gasteiger partial charge in [-0.15, -0.1) is 0 Å². The number of carbonyl (C=O) groups excluding carboxylic acids is 1. The average Bonchev–Trinajstić information content (AvgIpc) is 2.35. The number of H-pyrrole nitrogens is 1. The predicted octanol–water partition coefficient (Wildman–Crippen LogP) is 1.31. The van der Waals surface area contributed by atoms with E-state index in [0.717, 1.165) is 11.3 Å². The number of hydrogen-bond donors (Lipinski definition) is 2. The Morgan fingerprint density at radius 1 is 1.38 bits per heavy atom. The van der Waals surface area contributed by atoms with Crippen LogP contribution in [0.15, 0.2) is 10.9 Å². The largest absolute Gasteiger partial charge is 0.372 e. The zero-order valence-electron chi connectivity index (χ0n) is 13.0. The Morgan fingerprint density at radius 3 is 2.57 bits per heavy atom. The molecule has 2 N–H and O–H groups in total. The fourth-order valence-corrected chi connectivity index (χ4v) is 2.72. The maximum absolute atomic E-state index is 12.2. The molecule has 1 fully saturated rings. The van der Waals surface area contributed by atoms with Gasteiger partial charge < -0.3 is 19.9 Å². The number of aromatic nitrogens is 1. The van der Waals surface area contributed by atoms with Crippen LogP contribution < -0.4 is 10.9 Å². The standard InChI is InChI=1S/C15H23N3O3/c1-9-5-10(2)17-14(19)13(9)6-16-15(20)18-7-11(3)21-12(4)8-18/h5,11-12H,6-8H2,1-4H3,(H,16,20)(H,17,19)/t11-,12-/m0/s1. The minimum atomic E-state index is -0.156. The Labute approximate surface area is 124 Å². The number of pyridine rings is 1. The van der Waals surface area contributed by atoms with E-state index in [1.165, 1.54) is 0 Å². The summed E-state index contributed by atoms with van der Waals surface area (Å²) in [6, 6.07) is 1.75. The third kappa shape index (κ3) is 3.85. The minimum absolute atomic E-state index is 0.0315. The number of urea groups is 1. The van der Waals surface area contributed by atoms with E-state index in [-0.39, 0.29) is 30.3 Å². The van der Waals surface area contributed by atoms with Crippen molar-refractivity contribution in [2.24, 2.45) is 0 Å². The van der Waals surface area contributed by atoms with E-state index in [4.69, 9.17) is 4.74 Å². The first kappa shape index (κ1) is 15.6. The molecule has 0 aliphatic carbocycles. The molecule has 0 bridgehead atoms. The van der Waals surface area contributed by atoms with E-state index in [2.05, 4.69) is 10.3 Å². The second-order valence-corrected chi connectivity index (χ2v) is 5.76. The normalized spacial score (nSPS) is 22.2. The summed E-state index contributed by atoms with van der Waals surface area (Å²) >= 11 is 0. The van der Waals surface area contributed by atoms with E-state index in [1.54, 1.807) is 4.90 Å². The third-order valence-corrected chi connectivity index (χ3v) is 3.62. The van der Waals surface area contributed by atoms with Gasteiger partial charge >= 0.3 is 6.03 Å². The lowest BCUT2D eigenvalue weighted by Crippen LogP contribution is -2.51. The summed E-state index contributed by atoms with van der Waals surface area (Å²) in [6.45, 7) is 8.99. The van der Waals surface area contributed by atoms with E-state index in [0.29, 0.717) is 18.7 Å². The maximum Gasteiger partial charge on any atom is 0.317 e. The fourth-order valence-electron chi connectivity index (χ4n) is 2.72. The molecule has 2 heterocycles. The molecule has 6 heteroatoms. The predicted molar refractivity (Wildman–Crippen MR) is 80.4 cm³/mol. The molecule has 0 unspecified atom stereocenters. The van der Waals surface area contributed by atoms with Crippen molar-refractivity contribution in [2.75, 3.05) is 13.1 Å². The Morgan fingerprint density at radius 2 is 2.00 bits per heavy atom. The van der Waals surface area contributed by atoms with Crippen LogP contribution in [0.4, 0.5) is 4.79 Å². The Bertz CT molecular complexity index is 572. The van der Waals surface area contributed by atoms with Crippen LogP contribution in [0.5, 0.6) is 0 Å². The smallest absolute Gasteiger partial charge is 0.317 e. The van der Waals surface area contributed by atoms with Crippen LogP contribution in [0.25, 0.3) is 0 Å². The second-order valence-electron chi connectivity index (χ2n) is 5.76. The quantitative estimate of drug-likeness (QED) is 0.863. The molecule has 0 spiro atoms. The topological polar surface area (TPSA) is 74.4 Å². The molecule has 0 radical (unpaired) electrons. The summed E-state index contributed by atoms with van der Waals surface area (Å²) in [5.41, 5.74) is 2.17. The number of rotatable bonds is 2. The molecule has 1 aromatic rings. The summed E-state index contributed by atoms with van der Waals surface area (Å²) in [5.74, 6) is 0. The molecule has 0 saturated carbocycles. The molecule has 116 valence electrons. The zero-order valence-corrected chi connectivity index (χ0v) is 13.0. The van der Waals surface area contributed by atoms with E-state index in [1.807, 2.05) is 33.8 Å². The van der Waals surface area contributed by atoms with Crippen molar-refractivity contribution in [1.29, 1.82) is 0 Å². The highest BCUT2D eigenvalue weighted by Gasteiger charge is 2.25. The van der Waals surface area contributed by atoms with Gasteiger partial charge in [-0.1, -0.05) is 0 Å². The summed E-state index contributed by atoms with van der Waals surface area (Å²) in [7, 11) is 0. The minimum Gasteiger partial charge on any atom is -0.372 e. The van der Waals surface area contributed by atoms with Crippen molar-refractivity contribution in [2.45, 2.75) is 46.4 Å². The fraction of sp³-hybridized carbons (Fsp3) is 0.600. The molecule has 0 aromatic carbocycles. The molecular formula is C15H23N3O3. The van der Waals surface area contributed by atoms with Gasteiger partial charge in [0.05, 0.1) is 18.8 Å². The number of nitrogens with one attached hydrogen (secondary N) is 2. The molecule has 2 amide bonds. The van der Waals surface area contributed by atoms with Gasteiger partial charge in [0.1, 0.15) is 0 Å². The summed E-state index contributed by atoms with van der Waals surface area (Å²) in [6.07, 6.45) is 0.0630. The van der Waals surface area contributed by atoms with E-state index in [9.17, 15) is 9.59 Å². The first-order chi connectivity index (χ1) is 9.86.